The van der Waals surface area contributed by atoms with Gasteiger partial charge in [-0.05, 0) is 37.3 Å². The molecule has 0 aliphatic heterocycles. The Bertz CT molecular complexity index is 718. The van der Waals surface area contributed by atoms with Gasteiger partial charge in [-0.2, -0.15) is 0 Å². The largest absolute Gasteiger partial charge is 0.420 e. The van der Waals surface area contributed by atoms with Crippen LogP contribution < -0.4 is 11.1 Å². The number of amides is 1. The number of carbonyl (C=O) groups excluding carboxylic acids is 1. The van der Waals surface area contributed by atoms with E-state index >= 15 is 0 Å². The first-order valence-electron chi connectivity index (χ1n) is 7.66. The van der Waals surface area contributed by atoms with E-state index in [1.54, 1.807) is 24.3 Å². The van der Waals surface area contributed by atoms with Crippen LogP contribution in [0.2, 0.25) is 0 Å². The Morgan fingerprint density at radius 2 is 2.18 bits per heavy atom. The Kier molecular flexibility index (Phi) is 4.29. The fraction of sp³-hybridized carbons (Fsp3) is 0.500. The van der Waals surface area contributed by atoms with Crippen LogP contribution in [0, 0.1) is 5.92 Å². The standard InChI is InChI=1S/C16H20N2O4/c19-12-5-3-4-11(8-12)9-17-15(20)10-18-13-6-1-2-7-14(13)22-16(18)21/h1-2,6-7,11-12,19H,3-5,8-10H2,(H,17,20). The molecule has 2 aromatic rings. The van der Waals surface area contributed by atoms with Gasteiger partial charge >= 0.3 is 5.76 Å². The molecule has 22 heavy (non-hydrogen) atoms. The molecule has 1 amide bonds. The van der Waals surface area contributed by atoms with E-state index in [1.807, 2.05) is 0 Å². The summed E-state index contributed by atoms with van der Waals surface area (Å²) in [6, 6.07) is 7.04. The maximum Gasteiger partial charge on any atom is 0.420 e. The lowest BCUT2D eigenvalue weighted by Crippen LogP contribution is -2.36. The third kappa shape index (κ3) is 3.22. The maximum absolute atomic E-state index is 12.1. The minimum Gasteiger partial charge on any atom is -0.408 e. The summed E-state index contributed by atoms with van der Waals surface area (Å²) in [7, 11) is 0. The number of aromatic nitrogens is 1. The SMILES string of the molecule is O=C(Cn1c(=O)oc2ccccc21)NCC1CCCC(O)C1. The summed E-state index contributed by atoms with van der Waals surface area (Å²) < 4.78 is 6.44. The second-order valence-electron chi connectivity index (χ2n) is 5.91. The highest BCUT2D eigenvalue weighted by Crippen LogP contribution is 2.23. The van der Waals surface area contributed by atoms with E-state index in [-0.39, 0.29) is 18.6 Å². The average Bonchev–Trinajstić information content (AvgIpc) is 2.81. The molecule has 6 heteroatoms. The number of rotatable bonds is 4. The highest BCUT2D eigenvalue weighted by molar-refractivity contribution is 5.79. The quantitative estimate of drug-likeness (QED) is 0.890. The van der Waals surface area contributed by atoms with Crippen molar-refractivity contribution in [3.05, 3.63) is 34.8 Å². The maximum atomic E-state index is 12.1. The number of aliphatic hydroxyl groups is 1. The van der Waals surface area contributed by atoms with E-state index < -0.39 is 5.76 Å². The molecular weight excluding hydrogens is 284 g/mol. The molecule has 1 heterocycles. The molecule has 2 atom stereocenters. The van der Waals surface area contributed by atoms with Crippen LogP contribution in [0.3, 0.4) is 0 Å². The number of benzene rings is 1. The number of carbonyl (C=O) groups is 1. The average molecular weight is 304 g/mol. The first kappa shape index (κ1) is 14.8. The molecule has 2 unspecified atom stereocenters. The predicted octanol–water partition coefficient (Wildman–Crippen LogP) is 1.26. The van der Waals surface area contributed by atoms with E-state index in [0.29, 0.717) is 23.6 Å². The van der Waals surface area contributed by atoms with Gasteiger partial charge in [0.15, 0.2) is 5.58 Å². The fourth-order valence-corrected chi connectivity index (χ4v) is 3.07. The van der Waals surface area contributed by atoms with E-state index in [4.69, 9.17) is 4.42 Å². The van der Waals surface area contributed by atoms with Crippen LogP contribution >= 0.6 is 0 Å². The molecule has 0 bridgehead atoms. The molecule has 0 saturated heterocycles. The molecule has 0 radical (unpaired) electrons. The van der Waals surface area contributed by atoms with Gasteiger partial charge in [0.25, 0.3) is 0 Å². The summed E-state index contributed by atoms with van der Waals surface area (Å²) in [4.78, 5) is 23.9. The summed E-state index contributed by atoms with van der Waals surface area (Å²) in [6.45, 7) is 0.492. The van der Waals surface area contributed by atoms with Crippen LogP contribution in [-0.4, -0.2) is 28.2 Å². The van der Waals surface area contributed by atoms with E-state index in [2.05, 4.69) is 5.32 Å². The van der Waals surface area contributed by atoms with E-state index in [1.165, 1.54) is 4.57 Å². The van der Waals surface area contributed by atoms with E-state index in [9.17, 15) is 14.7 Å². The Hall–Kier alpha value is -2.08. The van der Waals surface area contributed by atoms with Crippen LogP contribution in [0.5, 0.6) is 0 Å². The number of hydrogen-bond donors (Lipinski definition) is 2. The van der Waals surface area contributed by atoms with Crippen molar-refractivity contribution in [2.24, 2.45) is 5.92 Å². The smallest absolute Gasteiger partial charge is 0.408 e. The van der Waals surface area contributed by atoms with Crippen molar-refractivity contribution in [3.63, 3.8) is 0 Å². The Balaban J connectivity index is 1.61. The summed E-state index contributed by atoms with van der Waals surface area (Å²) in [5.41, 5.74) is 1.10. The summed E-state index contributed by atoms with van der Waals surface area (Å²) in [6.07, 6.45) is 3.34. The third-order valence-corrected chi connectivity index (χ3v) is 4.22. The van der Waals surface area contributed by atoms with Crippen LogP contribution in [0.1, 0.15) is 25.7 Å². The number of nitrogens with zero attached hydrogens (tertiary/aromatic N) is 1. The van der Waals surface area contributed by atoms with Crippen LogP contribution in [0.4, 0.5) is 0 Å². The van der Waals surface area contributed by atoms with E-state index in [0.717, 1.165) is 25.7 Å². The summed E-state index contributed by atoms with van der Waals surface area (Å²) >= 11 is 0. The van der Waals surface area contributed by atoms with Gasteiger partial charge in [0, 0.05) is 6.54 Å². The Labute approximate surface area is 127 Å². The van der Waals surface area contributed by atoms with Gasteiger partial charge in [-0.1, -0.05) is 18.6 Å². The highest BCUT2D eigenvalue weighted by Gasteiger charge is 2.21. The van der Waals surface area contributed by atoms with Gasteiger partial charge in [0.1, 0.15) is 6.54 Å². The van der Waals surface area contributed by atoms with Crippen LogP contribution in [0.15, 0.2) is 33.5 Å². The minimum absolute atomic E-state index is 0.0505. The van der Waals surface area contributed by atoms with Crippen molar-refractivity contribution in [2.45, 2.75) is 38.3 Å². The first-order valence-corrected chi connectivity index (χ1v) is 7.66. The molecule has 1 aliphatic rings. The predicted molar refractivity (Wildman–Crippen MR) is 81.4 cm³/mol. The normalized spacial score (nSPS) is 21.9. The van der Waals surface area contributed by atoms with Gasteiger partial charge in [-0.25, -0.2) is 4.79 Å². The molecule has 0 spiro atoms. The molecule has 1 fully saturated rings. The molecule has 1 aromatic carbocycles. The monoisotopic (exact) mass is 304 g/mol. The number of aliphatic hydroxyl groups excluding tert-OH is 1. The zero-order valence-corrected chi connectivity index (χ0v) is 12.3. The second-order valence-corrected chi connectivity index (χ2v) is 5.91. The molecule has 1 aliphatic carbocycles. The van der Waals surface area contributed by atoms with Crippen molar-refractivity contribution in [2.75, 3.05) is 6.54 Å². The number of oxazole rings is 1. The van der Waals surface area contributed by atoms with Gasteiger partial charge in [0.05, 0.1) is 11.6 Å². The molecular formula is C16H20N2O4. The molecule has 1 aromatic heterocycles. The number of para-hydroxylation sites is 2. The van der Waals surface area contributed by atoms with Crippen LogP contribution in [-0.2, 0) is 11.3 Å². The number of fused-ring (bicyclic) bond motifs is 1. The number of nitrogens with one attached hydrogen (secondary N) is 1. The zero-order chi connectivity index (χ0) is 15.5. The molecule has 1 saturated carbocycles. The van der Waals surface area contributed by atoms with Crippen LogP contribution in [0.25, 0.3) is 11.1 Å². The van der Waals surface area contributed by atoms with Gasteiger partial charge in [0.2, 0.25) is 5.91 Å². The second kappa shape index (κ2) is 6.36. The fourth-order valence-electron chi connectivity index (χ4n) is 3.07. The lowest BCUT2D eigenvalue weighted by Gasteiger charge is -2.25. The third-order valence-electron chi connectivity index (χ3n) is 4.22. The van der Waals surface area contributed by atoms with Crippen molar-refractivity contribution < 1.29 is 14.3 Å². The molecule has 118 valence electrons. The van der Waals surface area contributed by atoms with Crippen molar-refractivity contribution >= 4 is 17.0 Å². The molecule has 2 N–H and O–H groups in total. The van der Waals surface area contributed by atoms with Crippen molar-refractivity contribution in [3.8, 4) is 0 Å². The summed E-state index contributed by atoms with van der Waals surface area (Å²) in [5, 5.41) is 12.5. The lowest BCUT2D eigenvalue weighted by molar-refractivity contribution is -0.122. The summed E-state index contributed by atoms with van der Waals surface area (Å²) in [5.74, 6) is -0.427. The molecule has 6 nitrogen and oxygen atoms in total. The van der Waals surface area contributed by atoms with Gasteiger partial charge < -0.3 is 14.8 Å². The van der Waals surface area contributed by atoms with Crippen molar-refractivity contribution in [1.29, 1.82) is 0 Å². The zero-order valence-electron chi connectivity index (χ0n) is 12.3. The Morgan fingerprint density at radius 3 is 3.00 bits per heavy atom. The van der Waals surface area contributed by atoms with Gasteiger partial charge in [-0.15, -0.1) is 0 Å². The first-order chi connectivity index (χ1) is 10.6. The molecule has 3 rings (SSSR count). The topological polar surface area (TPSA) is 84.5 Å². The minimum atomic E-state index is -0.524. The van der Waals surface area contributed by atoms with Gasteiger partial charge in [-0.3, -0.25) is 9.36 Å². The Morgan fingerprint density at radius 1 is 1.36 bits per heavy atom. The highest BCUT2D eigenvalue weighted by atomic mass is 16.4. The van der Waals surface area contributed by atoms with Crippen molar-refractivity contribution in [1.82, 2.24) is 9.88 Å². The lowest BCUT2D eigenvalue weighted by atomic mass is 9.87. The number of hydrogen-bond acceptors (Lipinski definition) is 4.